The molecule has 0 saturated heterocycles. The summed E-state index contributed by atoms with van der Waals surface area (Å²) in [6.07, 6.45) is 1.22. The highest BCUT2D eigenvalue weighted by Crippen LogP contribution is 2.34. The third kappa shape index (κ3) is 1.76. The molecule has 1 heteroatoms. The van der Waals surface area contributed by atoms with Crippen LogP contribution in [0.2, 0.25) is 0 Å². The van der Waals surface area contributed by atoms with Gasteiger partial charge >= 0.3 is 0 Å². The Morgan fingerprint density at radius 3 is 2.75 bits per heavy atom. The van der Waals surface area contributed by atoms with Crippen LogP contribution < -0.4 is 0 Å². The maximum Gasteiger partial charge on any atom is 0.0105 e. The molecule has 0 spiro atoms. The molecule has 2 aromatic carbocycles. The van der Waals surface area contributed by atoms with E-state index < -0.39 is 0 Å². The first-order chi connectivity index (χ1) is 7.83. The summed E-state index contributed by atoms with van der Waals surface area (Å²) in [4.78, 5) is 1.47. The molecule has 0 unspecified atom stereocenters. The van der Waals surface area contributed by atoms with Crippen molar-refractivity contribution in [1.29, 1.82) is 0 Å². The zero-order valence-electron chi connectivity index (χ0n) is 9.36. The van der Waals surface area contributed by atoms with Gasteiger partial charge in [-0.2, -0.15) is 0 Å². The van der Waals surface area contributed by atoms with Gasteiger partial charge in [0.25, 0.3) is 0 Å². The van der Waals surface area contributed by atoms with E-state index in [4.69, 9.17) is 0 Å². The quantitative estimate of drug-likeness (QED) is 0.698. The van der Waals surface area contributed by atoms with E-state index in [0.717, 1.165) is 0 Å². The maximum atomic E-state index is 2.35. The van der Waals surface area contributed by atoms with E-state index in [-0.39, 0.29) is 0 Å². The van der Waals surface area contributed by atoms with E-state index in [1.165, 1.54) is 39.3 Å². The summed E-state index contributed by atoms with van der Waals surface area (Å²) >= 11 is 1.97. The minimum absolute atomic E-state index is 1.22. The van der Waals surface area contributed by atoms with Gasteiger partial charge in [-0.3, -0.25) is 0 Å². The van der Waals surface area contributed by atoms with Crippen molar-refractivity contribution in [3.05, 3.63) is 53.6 Å². The van der Waals surface area contributed by atoms with Gasteiger partial charge in [-0.15, -0.1) is 11.8 Å². The lowest BCUT2D eigenvalue weighted by Gasteiger charge is -2.05. The van der Waals surface area contributed by atoms with Gasteiger partial charge in [0, 0.05) is 10.6 Å². The molecule has 0 saturated carbocycles. The van der Waals surface area contributed by atoms with Crippen LogP contribution in [0.3, 0.4) is 0 Å². The summed E-state index contributed by atoms with van der Waals surface area (Å²) in [5.74, 6) is 1.24. The highest BCUT2D eigenvalue weighted by molar-refractivity contribution is 7.99. The van der Waals surface area contributed by atoms with Crippen molar-refractivity contribution in [1.82, 2.24) is 0 Å². The van der Waals surface area contributed by atoms with Gasteiger partial charge in [0.2, 0.25) is 0 Å². The van der Waals surface area contributed by atoms with Gasteiger partial charge in [-0.05, 0) is 36.1 Å². The van der Waals surface area contributed by atoms with E-state index in [9.17, 15) is 0 Å². The molecule has 1 aliphatic heterocycles. The molecule has 0 amide bonds. The molecule has 0 fully saturated rings. The Kier molecular flexibility index (Phi) is 2.49. The number of hydrogen-bond acceptors (Lipinski definition) is 1. The number of rotatable bonds is 1. The highest BCUT2D eigenvalue weighted by Gasteiger charge is 2.11. The molecule has 3 rings (SSSR count). The van der Waals surface area contributed by atoms with E-state index >= 15 is 0 Å². The molecule has 1 aliphatic rings. The predicted octanol–water partition coefficient (Wildman–Crippen LogP) is 4.31. The molecule has 2 aromatic rings. The number of thioether (sulfide) groups is 1. The van der Waals surface area contributed by atoms with Gasteiger partial charge in [0.1, 0.15) is 0 Å². The van der Waals surface area contributed by atoms with Crippen LogP contribution in [0.1, 0.15) is 11.1 Å². The van der Waals surface area contributed by atoms with Crippen molar-refractivity contribution in [3.63, 3.8) is 0 Å². The van der Waals surface area contributed by atoms with E-state index in [1.807, 2.05) is 11.8 Å². The third-order valence-corrected chi connectivity index (χ3v) is 4.16. The summed E-state index contributed by atoms with van der Waals surface area (Å²) in [7, 11) is 0. The fraction of sp³-hybridized carbons (Fsp3) is 0.200. The lowest BCUT2D eigenvalue weighted by atomic mass is 10.0. The summed E-state index contributed by atoms with van der Waals surface area (Å²) in [6, 6.07) is 15.6. The molecule has 0 atom stereocenters. The summed E-state index contributed by atoms with van der Waals surface area (Å²) in [5.41, 5.74) is 5.53. The average molecular weight is 226 g/mol. The van der Waals surface area contributed by atoms with E-state index in [1.54, 1.807) is 0 Å². The summed E-state index contributed by atoms with van der Waals surface area (Å²) in [5, 5.41) is 0. The predicted molar refractivity (Wildman–Crippen MR) is 71.0 cm³/mol. The minimum Gasteiger partial charge on any atom is -0.126 e. The van der Waals surface area contributed by atoms with Gasteiger partial charge < -0.3 is 0 Å². The van der Waals surface area contributed by atoms with Crippen LogP contribution in [0.5, 0.6) is 0 Å². The molecule has 80 valence electrons. The smallest absolute Gasteiger partial charge is 0.0105 e. The minimum atomic E-state index is 1.22. The van der Waals surface area contributed by atoms with Crippen LogP contribution in [-0.4, -0.2) is 5.75 Å². The molecule has 0 N–H and O–H groups in total. The van der Waals surface area contributed by atoms with E-state index in [0.29, 0.717) is 0 Å². The molecule has 16 heavy (non-hydrogen) atoms. The summed E-state index contributed by atoms with van der Waals surface area (Å²) < 4.78 is 0. The largest absolute Gasteiger partial charge is 0.126 e. The SMILES string of the molecule is Cc1cccc(-c2ccc3c(c2)CCS3)c1. The Bertz CT molecular complexity index is 529. The molecular formula is C15H14S. The van der Waals surface area contributed by atoms with Gasteiger partial charge in [0.15, 0.2) is 0 Å². The van der Waals surface area contributed by atoms with Crippen LogP contribution in [0, 0.1) is 6.92 Å². The molecule has 0 bridgehead atoms. The Hall–Kier alpha value is -1.21. The Morgan fingerprint density at radius 2 is 1.88 bits per heavy atom. The maximum absolute atomic E-state index is 2.35. The number of fused-ring (bicyclic) bond motifs is 1. The van der Waals surface area contributed by atoms with Crippen LogP contribution in [0.15, 0.2) is 47.4 Å². The average Bonchev–Trinajstić information content (AvgIpc) is 2.75. The van der Waals surface area contributed by atoms with Crippen molar-refractivity contribution in [2.24, 2.45) is 0 Å². The fourth-order valence-corrected chi connectivity index (χ4v) is 3.24. The second-order valence-electron chi connectivity index (χ2n) is 4.29. The number of aryl methyl sites for hydroxylation is 2. The zero-order chi connectivity index (χ0) is 11.0. The Labute approximate surface area is 101 Å². The molecule has 0 nitrogen and oxygen atoms in total. The van der Waals surface area contributed by atoms with Crippen molar-refractivity contribution in [2.75, 3.05) is 5.75 Å². The van der Waals surface area contributed by atoms with Gasteiger partial charge in [0.05, 0.1) is 0 Å². The van der Waals surface area contributed by atoms with Crippen molar-refractivity contribution >= 4 is 11.8 Å². The molecule has 0 radical (unpaired) electrons. The molecular weight excluding hydrogens is 212 g/mol. The topological polar surface area (TPSA) is 0 Å². The van der Waals surface area contributed by atoms with Crippen LogP contribution >= 0.6 is 11.8 Å². The van der Waals surface area contributed by atoms with Gasteiger partial charge in [-0.1, -0.05) is 42.0 Å². The number of benzene rings is 2. The Morgan fingerprint density at radius 1 is 1.00 bits per heavy atom. The standard InChI is InChI=1S/C15H14S/c1-11-3-2-4-12(9-11)13-5-6-15-14(10-13)7-8-16-15/h2-6,9-10H,7-8H2,1H3. The fourth-order valence-electron chi connectivity index (χ4n) is 2.19. The molecule has 1 heterocycles. The van der Waals surface area contributed by atoms with Crippen molar-refractivity contribution in [2.45, 2.75) is 18.2 Å². The molecule has 0 aromatic heterocycles. The molecule has 0 aliphatic carbocycles. The van der Waals surface area contributed by atoms with Crippen molar-refractivity contribution in [3.8, 4) is 11.1 Å². The van der Waals surface area contributed by atoms with Crippen LogP contribution in [0.25, 0.3) is 11.1 Å². The normalized spacial score (nSPS) is 13.8. The van der Waals surface area contributed by atoms with Crippen LogP contribution in [0.4, 0.5) is 0 Å². The van der Waals surface area contributed by atoms with E-state index in [2.05, 4.69) is 49.4 Å². The van der Waals surface area contributed by atoms with Crippen molar-refractivity contribution < 1.29 is 0 Å². The van der Waals surface area contributed by atoms with Crippen LogP contribution in [-0.2, 0) is 6.42 Å². The third-order valence-electron chi connectivity index (χ3n) is 3.04. The first-order valence-corrected chi connectivity index (χ1v) is 6.64. The second-order valence-corrected chi connectivity index (χ2v) is 5.43. The summed E-state index contributed by atoms with van der Waals surface area (Å²) in [6.45, 7) is 2.15. The number of hydrogen-bond donors (Lipinski definition) is 0. The zero-order valence-corrected chi connectivity index (χ0v) is 10.2. The first-order valence-electron chi connectivity index (χ1n) is 5.66. The lowest BCUT2D eigenvalue weighted by Crippen LogP contribution is -1.84. The monoisotopic (exact) mass is 226 g/mol. The Balaban J connectivity index is 2.07. The first kappa shape index (κ1) is 9.98. The highest BCUT2D eigenvalue weighted by atomic mass is 32.2. The second kappa shape index (κ2) is 3.99. The van der Waals surface area contributed by atoms with Gasteiger partial charge in [-0.25, -0.2) is 0 Å². The lowest BCUT2D eigenvalue weighted by molar-refractivity contribution is 1.15.